The SMILES string of the molecule is Cc1cc(C(C)(C)C)cc(C)c1C(=O)C(=O)CBr. The van der Waals surface area contributed by atoms with E-state index in [1.807, 2.05) is 26.0 Å². The normalized spacial score (nSPS) is 11.4. The van der Waals surface area contributed by atoms with E-state index in [4.69, 9.17) is 0 Å². The molecule has 0 spiro atoms. The highest BCUT2D eigenvalue weighted by Gasteiger charge is 2.22. The molecule has 0 atom stereocenters. The Morgan fingerprint density at radius 3 is 1.89 bits per heavy atom. The maximum atomic E-state index is 12.0. The summed E-state index contributed by atoms with van der Waals surface area (Å²) in [5, 5.41) is 0.0751. The van der Waals surface area contributed by atoms with Crippen LogP contribution in [0.2, 0.25) is 0 Å². The molecule has 0 saturated heterocycles. The van der Waals surface area contributed by atoms with Crippen LogP contribution in [0.1, 0.15) is 47.8 Å². The van der Waals surface area contributed by atoms with E-state index in [9.17, 15) is 9.59 Å². The average molecular weight is 311 g/mol. The zero-order chi connectivity index (χ0) is 14.1. The van der Waals surface area contributed by atoms with Gasteiger partial charge in [0, 0.05) is 5.56 Å². The van der Waals surface area contributed by atoms with Crippen LogP contribution in [0.4, 0.5) is 0 Å². The number of hydrogen-bond acceptors (Lipinski definition) is 2. The third kappa shape index (κ3) is 3.08. The molecule has 0 unspecified atom stereocenters. The first kappa shape index (κ1) is 15.1. The number of hydrogen-bond donors (Lipinski definition) is 0. The Kier molecular flexibility index (Phi) is 4.49. The van der Waals surface area contributed by atoms with Crippen LogP contribution >= 0.6 is 15.9 Å². The summed E-state index contributed by atoms with van der Waals surface area (Å²) < 4.78 is 0. The topological polar surface area (TPSA) is 34.1 Å². The summed E-state index contributed by atoms with van der Waals surface area (Å²) in [4.78, 5) is 23.5. The fourth-order valence-electron chi connectivity index (χ4n) is 1.95. The molecule has 0 fully saturated rings. The number of alkyl halides is 1. The number of aryl methyl sites for hydroxylation is 2. The number of halogens is 1. The molecule has 1 aromatic rings. The Morgan fingerprint density at radius 2 is 1.56 bits per heavy atom. The van der Waals surface area contributed by atoms with Gasteiger partial charge in [-0.1, -0.05) is 48.8 Å². The van der Waals surface area contributed by atoms with Crippen molar-refractivity contribution < 1.29 is 9.59 Å². The summed E-state index contributed by atoms with van der Waals surface area (Å²) in [6.07, 6.45) is 0. The Labute approximate surface area is 117 Å². The van der Waals surface area contributed by atoms with Crippen molar-refractivity contribution in [1.82, 2.24) is 0 Å². The van der Waals surface area contributed by atoms with E-state index in [0.29, 0.717) is 5.56 Å². The van der Waals surface area contributed by atoms with Gasteiger partial charge in [0.1, 0.15) is 0 Å². The predicted octanol–water partition coefficient (Wildman–Crippen LogP) is 3.75. The fourth-order valence-corrected chi connectivity index (χ4v) is 2.21. The number of benzene rings is 1. The number of carbonyl (C=O) groups excluding carboxylic acids is 2. The largest absolute Gasteiger partial charge is 0.290 e. The highest BCUT2D eigenvalue weighted by molar-refractivity contribution is 9.09. The number of ketones is 2. The minimum absolute atomic E-state index is 0.0382. The van der Waals surface area contributed by atoms with Crippen molar-refractivity contribution in [2.75, 3.05) is 5.33 Å². The molecule has 0 aliphatic carbocycles. The molecular weight excluding hydrogens is 292 g/mol. The van der Waals surface area contributed by atoms with E-state index >= 15 is 0 Å². The molecule has 2 nitrogen and oxygen atoms in total. The highest BCUT2D eigenvalue weighted by atomic mass is 79.9. The molecular formula is C15H19BrO2. The molecule has 0 amide bonds. The van der Waals surface area contributed by atoms with Crippen LogP contribution in [-0.4, -0.2) is 16.9 Å². The van der Waals surface area contributed by atoms with Crippen molar-refractivity contribution in [2.24, 2.45) is 0 Å². The standard InChI is InChI=1S/C15H19BrO2/c1-9-6-11(15(3,4)5)7-10(2)13(9)14(18)12(17)8-16/h6-7H,8H2,1-5H3. The molecule has 3 heteroatoms. The molecule has 0 aliphatic heterocycles. The van der Waals surface area contributed by atoms with Gasteiger partial charge in [-0.25, -0.2) is 0 Å². The minimum Gasteiger partial charge on any atom is -0.290 e. The first-order valence-electron chi connectivity index (χ1n) is 5.93. The lowest BCUT2D eigenvalue weighted by atomic mass is 9.83. The zero-order valence-corrected chi connectivity index (χ0v) is 13.1. The Balaban J connectivity index is 3.34. The first-order valence-corrected chi connectivity index (χ1v) is 7.06. The molecule has 18 heavy (non-hydrogen) atoms. The maximum Gasteiger partial charge on any atom is 0.229 e. The molecule has 0 bridgehead atoms. The second-order valence-corrected chi connectivity index (χ2v) is 6.18. The van der Waals surface area contributed by atoms with E-state index in [2.05, 4.69) is 36.7 Å². The molecule has 0 N–H and O–H groups in total. The molecule has 0 aliphatic rings. The van der Waals surface area contributed by atoms with E-state index < -0.39 is 11.6 Å². The van der Waals surface area contributed by atoms with Gasteiger partial charge in [-0.3, -0.25) is 9.59 Å². The molecule has 0 heterocycles. The van der Waals surface area contributed by atoms with Crippen molar-refractivity contribution in [3.8, 4) is 0 Å². The second-order valence-electron chi connectivity index (χ2n) is 5.62. The van der Waals surface area contributed by atoms with E-state index in [0.717, 1.165) is 11.1 Å². The van der Waals surface area contributed by atoms with Gasteiger partial charge in [-0.2, -0.15) is 0 Å². The monoisotopic (exact) mass is 310 g/mol. The van der Waals surface area contributed by atoms with Crippen molar-refractivity contribution in [1.29, 1.82) is 0 Å². The number of carbonyl (C=O) groups is 2. The van der Waals surface area contributed by atoms with E-state index in [1.54, 1.807) is 0 Å². The van der Waals surface area contributed by atoms with Crippen molar-refractivity contribution in [2.45, 2.75) is 40.0 Å². The molecule has 0 radical (unpaired) electrons. The second kappa shape index (κ2) is 5.35. The van der Waals surface area contributed by atoms with Crippen LogP contribution in [0.15, 0.2) is 12.1 Å². The van der Waals surface area contributed by atoms with Crippen LogP contribution in [0.5, 0.6) is 0 Å². The van der Waals surface area contributed by atoms with Crippen molar-refractivity contribution in [3.63, 3.8) is 0 Å². The molecule has 1 aromatic carbocycles. The summed E-state index contributed by atoms with van der Waals surface area (Å²) in [6.45, 7) is 10.2. The smallest absolute Gasteiger partial charge is 0.229 e. The van der Waals surface area contributed by atoms with Crippen LogP contribution in [0.3, 0.4) is 0 Å². The van der Waals surface area contributed by atoms with Gasteiger partial charge in [0.2, 0.25) is 11.6 Å². The van der Waals surface area contributed by atoms with Gasteiger partial charge in [-0.15, -0.1) is 0 Å². The lowest BCUT2D eigenvalue weighted by molar-refractivity contribution is -0.112. The minimum atomic E-state index is -0.401. The number of Topliss-reactive ketones (excluding diaryl/α,β-unsaturated/α-hetero) is 2. The molecule has 0 aromatic heterocycles. The summed E-state index contributed by atoms with van der Waals surface area (Å²) in [6, 6.07) is 4.00. The lowest BCUT2D eigenvalue weighted by Crippen LogP contribution is -2.19. The highest BCUT2D eigenvalue weighted by Crippen LogP contribution is 2.27. The summed E-state index contributed by atoms with van der Waals surface area (Å²) >= 11 is 3.04. The number of rotatable bonds is 3. The van der Waals surface area contributed by atoms with E-state index in [-0.39, 0.29) is 10.7 Å². The van der Waals surface area contributed by atoms with Crippen molar-refractivity contribution in [3.05, 3.63) is 34.4 Å². The third-order valence-corrected chi connectivity index (χ3v) is 3.51. The van der Waals surface area contributed by atoms with Crippen LogP contribution in [0.25, 0.3) is 0 Å². The van der Waals surface area contributed by atoms with Crippen LogP contribution in [0, 0.1) is 13.8 Å². The van der Waals surface area contributed by atoms with E-state index in [1.165, 1.54) is 5.56 Å². The van der Waals surface area contributed by atoms with Gasteiger partial charge in [-0.05, 0) is 36.0 Å². The summed E-state index contributed by atoms with van der Waals surface area (Å²) in [5.41, 5.74) is 3.52. The van der Waals surface area contributed by atoms with Crippen LogP contribution < -0.4 is 0 Å². The lowest BCUT2D eigenvalue weighted by Gasteiger charge is -2.21. The molecule has 98 valence electrons. The van der Waals surface area contributed by atoms with Gasteiger partial charge in [0.25, 0.3) is 0 Å². The maximum absolute atomic E-state index is 12.0. The zero-order valence-electron chi connectivity index (χ0n) is 11.6. The first-order chi connectivity index (χ1) is 8.18. The quantitative estimate of drug-likeness (QED) is 0.484. The Bertz CT molecular complexity index is 473. The summed E-state index contributed by atoms with van der Waals surface area (Å²) in [7, 11) is 0. The average Bonchev–Trinajstić information content (AvgIpc) is 2.25. The Hall–Kier alpha value is -0.960. The van der Waals surface area contributed by atoms with Crippen LogP contribution in [-0.2, 0) is 10.2 Å². The van der Waals surface area contributed by atoms with Crippen molar-refractivity contribution >= 4 is 27.5 Å². The summed E-state index contributed by atoms with van der Waals surface area (Å²) in [5.74, 6) is -0.799. The third-order valence-electron chi connectivity index (χ3n) is 3.00. The van der Waals surface area contributed by atoms with Gasteiger partial charge < -0.3 is 0 Å². The van der Waals surface area contributed by atoms with Gasteiger partial charge in [0.15, 0.2) is 0 Å². The fraction of sp³-hybridized carbons (Fsp3) is 0.467. The molecule has 0 saturated carbocycles. The van der Waals surface area contributed by atoms with Gasteiger partial charge >= 0.3 is 0 Å². The predicted molar refractivity (Wildman–Crippen MR) is 77.7 cm³/mol. The Morgan fingerprint density at radius 1 is 1.11 bits per heavy atom. The molecule has 1 rings (SSSR count). The van der Waals surface area contributed by atoms with Gasteiger partial charge in [0.05, 0.1) is 5.33 Å².